The Balaban J connectivity index is 1.90. The molecular weight excluding hydrogens is 474 g/mol. The third-order valence-corrected chi connectivity index (χ3v) is 5.55. The van der Waals surface area contributed by atoms with E-state index in [1.54, 1.807) is 12.1 Å². The van der Waals surface area contributed by atoms with Crippen LogP contribution in [0.25, 0.3) is 5.69 Å². The van der Waals surface area contributed by atoms with Crippen LogP contribution in [0.5, 0.6) is 0 Å². The number of rotatable bonds is 8. The molecule has 0 radical (unpaired) electrons. The molecule has 0 atom stereocenters. The smallest absolute Gasteiger partial charge is 0.348 e. The Morgan fingerprint density at radius 3 is 2.20 bits per heavy atom. The van der Waals surface area contributed by atoms with Gasteiger partial charge in [0.2, 0.25) is 0 Å². The SMILES string of the molecule is CCN(CC)Cc1ccccc1CNC(=O)c1cnn(-c2cccc(C(F)(F)F)c2)c1C(F)(F)F. The van der Waals surface area contributed by atoms with Crippen molar-refractivity contribution in [2.45, 2.75) is 39.3 Å². The lowest BCUT2D eigenvalue weighted by atomic mass is 10.1. The molecule has 0 fully saturated rings. The van der Waals surface area contributed by atoms with E-state index in [4.69, 9.17) is 0 Å². The van der Waals surface area contributed by atoms with E-state index in [1.165, 1.54) is 0 Å². The lowest BCUT2D eigenvalue weighted by Crippen LogP contribution is -2.28. The number of alkyl halides is 6. The number of hydrogen-bond donors (Lipinski definition) is 1. The summed E-state index contributed by atoms with van der Waals surface area (Å²) in [7, 11) is 0. The maximum Gasteiger partial charge on any atom is 0.434 e. The van der Waals surface area contributed by atoms with Gasteiger partial charge in [-0.2, -0.15) is 31.4 Å². The van der Waals surface area contributed by atoms with Crippen LogP contribution in [0.15, 0.2) is 54.7 Å². The summed E-state index contributed by atoms with van der Waals surface area (Å²) < 4.78 is 81.2. The molecule has 0 aliphatic heterocycles. The molecule has 2 aromatic carbocycles. The molecule has 1 heterocycles. The van der Waals surface area contributed by atoms with Crippen LogP contribution in [0.2, 0.25) is 0 Å². The van der Waals surface area contributed by atoms with Gasteiger partial charge in [-0.25, -0.2) is 4.68 Å². The van der Waals surface area contributed by atoms with Gasteiger partial charge in [-0.3, -0.25) is 9.69 Å². The summed E-state index contributed by atoms with van der Waals surface area (Å²) >= 11 is 0. The molecule has 1 N–H and O–H groups in total. The topological polar surface area (TPSA) is 50.2 Å². The number of nitrogens with zero attached hydrogens (tertiary/aromatic N) is 3. The minimum atomic E-state index is -5.04. The first-order chi connectivity index (χ1) is 16.5. The van der Waals surface area contributed by atoms with Gasteiger partial charge >= 0.3 is 12.4 Å². The number of carbonyl (C=O) groups excluding carboxylic acids is 1. The average molecular weight is 498 g/mol. The van der Waals surface area contributed by atoms with E-state index in [-0.39, 0.29) is 6.54 Å². The molecule has 1 amide bonds. The second-order valence-corrected chi connectivity index (χ2v) is 7.78. The summed E-state index contributed by atoms with van der Waals surface area (Å²) in [6.45, 7) is 6.22. The van der Waals surface area contributed by atoms with Crippen molar-refractivity contribution in [3.8, 4) is 5.69 Å². The van der Waals surface area contributed by atoms with Crippen molar-refractivity contribution in [3.05, 3.63) is 82.7 Å². The van der Waals surface area contributed by atoms with Gasteiger partial charge in [-0.15, -0.1) is 0 Å². The van der Waals surface area contributed by atoms with Crippen molar-refractivity contribution >= 4 is 5.91 Å². The van der Waals surface area contributed by atoms with Gasteiger partial charge in [0, 0.05) is 13.1 Å². The molecule has 0 saturated carbocycles. The Labute approximate surface area is 198 Å². The van der Waals surface area contributed by atoms with Crippen molar-refractivity contribution in [2.75, 3.05) is 13.1 Å². The predicted octanol–water partition coefficient (Wildman–Crippen LogP) is 5.68. The van der Waals surface area contributed by atoms with Crippen LogP contribution in [-0.2, 0) is 25.4 Å². The molecule has 35 heavy (non-hydrogen) atoms. The fourth-order valence-electron chi connectivity index (χ4n) is 3.64. The molecule has 11 heteroatoms. The third-order valence-electron chi connectivity index (χ3n) is 5.55. The first-order valence-electron chi connectivity index (χ1n) is 10.9. The Bertz CT molecular complexity index is 1170. The van der Waals surface area contributed by atoms with E-state index < -0.39 is 40.8 Å². The highest BCUT2D eigenvalue weighted by Gasteiger charge is 2.41. The van der Waals surface area contributed by atoms with Gasteiger partial charge in [0.05, 0.1) is 23.0 Å². The van der Waals surface area contributed by atoms with Crippen LogP contribution in [0.4, 0.5) is 26.3 Å². The standard InChI is InChI=1S/C24H24F6N4O/c1-3-33(4-2)15-17-9-6-5-8-16(17)13-31-22(35)20-14-32-34(21(20)24(28,29)30)19-11-7-10-18(12-19)23(25,26)27/h5-12,14H,3-4,13,15H2,1-2H3,(H,31,35). The highest BCUT2D eigenvalue weighted by Crippen LogP contribution is 2.35. The van der Waals surface area contributed by atoms with E-state index >= 15 is 0 Å². The second-order valence-electron chi connectivity index (χ2n) is 7.78. The molecular formula is C24H24F6N4O. The summed E-state index contributed by atoms with van der Waals surface area (Å²) in [4.78, 5) is 14.9. The fraction of sp³-hybridized carbons (Fsp3) is 0.333. The van der Waals surface area contributed by atoms with Gasteiger partial charge < -0.3 is 5.32 Å². The molecule has 0 unspecified atom stereocenters. The van der Waals surface area contributed by atoms with Gasteiger partial charge in [0.15, 0.2) is 5.69 Å². The quantitative estimate of drug-likeness (QED) is 0.407. The van der Waals surface area contributed by atoms with Crippen LogP contribution in [0.1, 0.15) is 46.6 Å². The fourth-order valence-corrected chi connectivity index (χ4v) is 3.64. The molecule has 0 bridgehead atoms. The number of hydrogen-bond acceptors (Lipinski definition) is 3. The minimum absolute atomic E-state index is 0.0255. The van der Waals surface area contributed by atoms with Crippen molar-refractivity contribution in [2.24, 2.45) is 0 Å². The number of nitrogens with one attached hydrogen (secondary N) is 1. The Morgan fingerprint density at radius 1 is 0.943 bits per heavy atom. The van der Waals surface area contributed by atoms with Gasteiger partial charge in [-0.1, -0.05) is 44.2 Å². The zero-order valence-corrected chi connectivity index (χ0v) is 19.0. The highest BCUT2D eigenvalue weighted by atomic mass is 19.4. The van der Waals surface area contributed by atoms with Crippen molar-refractivity contribution in [3.63, 3.8) is 0 Å². The van der Waals surface area contributed by atoms with Gasteiger partial charge in [0.25, 0.3) is 5.91 Å². The summed E-state index contributed by atoms with van der Waals surface area (Å²) in [6.07, 6.45) is -9.08. The third kappa shape index (κ3) is 6.21. The molecule has 3 rings (SSSR count). The van der Waals surface area contributed by atoms with E-state index in [9.17, 15) is 31.1 Å². The Hall–Kier alpha value is -3.34. The number of aromatic nitrogens is 2. The molecule has 0 saturated heterocycles. The van der Waals surface area contributed by atoms with Crippen LogP contribution in [-0.4, -0.2) is 33.7 Å². The molecule has 3 aromatic rings. The molecule has 5 nitrogen and oxygen atoms in total. The molecule has 1 aromatic heterocycles. The number of halogens is 6. The number of amides is 1. The van der Waals surface area contributed by atoms with Gasteiger partial charge in [-0.05, 0) is 42.4 Å². The highest BCUT2D eigenvalue weighted by molar-refractivity contribution is 5.95. The van der Waals surface area contributed by atoms with Crippen molar-refractivity contribution < 1.29 is 31.1 Å². The van der Waals surface area contributed by atoms with E-state index in [0.29, 0.717) is 23.5 Å². The minimum Gasteiger partial charge on any atom is -0.348 e. The van der Waals surface area contributed by atoms with Crippen LogP contribution < -0.4 is 5.32 Å². The first kappa shape index (κ1) is 26.3. The normalized spacial score (nSPS) is 12.3. The summed E-state index contributed by atoms with van der Waals surface area (Å²) in [5.74, 6) is -1.03. The summed E-state index contributed by atoms with van der Waals surface area (Å²) in [5, 5.41) is 6.08. The maximum absolute atomic E-state index is 13.9. The van der Waals surface area contributed by atoms with Crippen molar-refractivity contribution in [1.82, 2.24) is 20.0 Å². The molecule has 0 aliphatic carbocycles. The molecule has 0 aliphatic rings. The van der Waals surface area contributed by atoms with Crippen LogP contribution >= 0.6 is 0 Å². The van der Waals surface area contributed by atoms with Crippen LogP contribution in [0.3, 0.4) is 0 Å². The van der Waals surface area contributed by atoms with E-state index in [2.05, 4.69) is 15.3 Å². The monoisotopic (exact) mass is 498 g/mol. The zero-order valence-electron chi connectivity index (χ0n) is 19.0. The first-order valence-corrected chi connectivity index (χ1v) is 10.9. The Kier molecular flexibility index (Phi) is 7.89. The largest absolute Gasteiger partial charge is 0.434 e. The predicted molar refractivity (Wildman–Crippen MR) is 118 cm³/mol. The number of benzene rings is 2. The maximum atomic E-state index is 13.9. The zero-order chi connectivity index (χ0) is 25.8. The van der Waals surface area contributed by atoms with E-state index in [1.807, 2.05) is 26.0 Å². The van der Waals surface area contributed by atoms with Crippen molar-refractivity contribution in [1.29, 1.82) is 0 Å². The molecule has 0 spiro atoms. The summed E-state index contributed by atoms with van der Waals surface area (Å²) in [6, 6.07) is 10.6. The van der Waals surface area contributed by atoms with Gasteiger partial charge in [0.1, 0.15) is 0 Å². The lowest BCUT2D eigenvalue weighted by Gasteiger charge is -2.20. The van der Waals surface area contributed by atoms with Crippen LogP contribution in [0, 0.1) is 0 Å². The average Bonchev–Trinajstić information content (AvgIpc) is 3.27. The molecule has 188 valence electrons. The number of carbonyl (C=O) groups is 1. The Morgan fingerprint density at radius 2 is 1.60 bits per heavy atom. The second kappa shape index (κ2) is 10.5. The summed E-state index contributed by atoms with van der Waals surface area (Å²) in [5.41, 5.74) is -2.16. The van der Waals surface area contributed by atoms with E-state index in [0.717, 1.165) is 42.4 Å². The lowest BCUT2D eigenvalue weighted by molar-refractivity contribution is -0.143.